The van der Waals surface area contributed by atoms with Crippen LogP contribution in [0.2, 0.25) is 0 Å². The summed E-state index contributed by atoms with van der Waals surface area (Å²) in [6, 6.07) is 0.774. The van der Waals surface area contributed by atoms with Gasteiger partial charge in [-0.3, -0.25) is 5.32 Å². The zero-order valence-electron chi connectivity index (χ0n) is 10.2. The number of carbonyl (C=O) groups excluding carboxylic acids is 1. The summed E-state index contributed by atoms with van der Waals surface area (Å²) in [5, 5.41) is 3.09. The van der Waals surface area contributed by atoms with E-state index in [1.165, 1.54) is 6.42 Å². The Kier molecular flexibility index (Phi) is 4.99. The number of hydrogen-bond acceptors (Lipinski definition) is 3. The van der Waals surface area contributed by atoms with Crippen LogP contribution in [0.5, 0.6) is 0 Å². The van der Waals surface area contributed by atoms with Crippen molar-refractivity contribution in [3.05, 3.63) is 0 Å². The number of amides is 1. The minimum absolute atomic E-state index is 0.361. The van der Waals surface area contributed by atoms with E-state index in [0.29, 0.717) is 23.8 Å². The highest BCUT2D eigenvalue weighted by Gasteiger charge is 2.27. The molecule has 4 nitrogen and oxygen atoms in total. The molecule has 1 heterocycles. The van der Waals surface area contributed by atoms with Gasteiger partial charge in [0.15, 0.2) is 5.11 Å². The van der Waals surface area contributed by atoms with E-state index in [0.717, 1.165) is 12.8 Å². The topological polar surface area (TPSA) is 41.6 Å². The molecular weight excluding hydrogens is 224 g/mol. The van der Waals surface area contributed by atoms with Gasteiger partial charge in [0.1, 0.15) is 0 Å². The van der Waals surface area contributed by atoms with Gasteiger partial charge in [-0.15, -0.1) is 0 Å². The molecule has 92 valence electrons. The van der Waals surface area contributed by atoms with E-state index < -0.39 is 6.09 Å². The number of nitrogens with one attached hydrogen (secondary N) is 1. The Morgan fingerprint density at radius 1 is 1.44 bits per heavy atom. The van der Waals surface area contributed by atoms with Gasteiger partial charge in [0.2, 0.25) is 0 Å². The van der Waals surface area contributed by atoms with Crippen molar-refractivity contribution >= 4 is 23.4 Å². The third-order valence-corrected chi connectivity index (χ3v) is 3.23. The summed E-state index contributed by atoms with van der Waals surface area (Å²) in [4.78, 5) is 13.4. The van der Waals surface area contributed by atoms with E-state index in [-0.39, 0.29) is 0 Å². The molecule has 1 fully saturated rings. The van der Waals surface area contributed by atoms with Crippen LogP contribution in [-0.4, -0.2) is 34.8 Å². The molecular formula is C11H20N2O2S. The first kappa shape index (κ1) is 13.2. The van der Waals surface area contributed by atoms with E-state index in [2.05, 4.69) is 24.1 Å². The van der Waals surface area contributed by atoms with Crippen LogP contribution in [0.15, 0.2) is 0 Å². The quantitative estimate of drug-likeness (QED) is 0.719. The van der Waals surface area contributed by atoms with Crippen molar-refractivity contribution in [2.75, 3.05) is 6.61 Å². The van der Waals surface area contributed by atoms with Crippen molar-refractivity contribution in [2.24, 2.45) is 0 Å². The van der Waals surface area contributed by atoms with Crippen LogP contribution >= 0.6 is 12.2 Å². The van der Waals surface area contributed by atoms with Gasteiger partial charge in [0.25, 0.3) is 0 Å². The zero-order chi connectivity index (χ0) is 12.1. The molecule has 1 N–H and O–H groups in total. The number of hydrogen-bond donors (Lipinski definition) is 1. The summed E-state index contributed by atoms with van der Waals surface area (Å²) in [6.07, 6.45) is 3.00. The lowest BCUT2D eigenvalue weighted by Gasteiger charge is -2.40. The zero-order valence-corrected chi connectivity index (χ0v) is 11.0. The third kappa shape index (κ3) is 3.33. The Morgan fingerprint density at radius 3 is 2.50 bits per heavy atom. The Morgan fingerprint density at radius 2 is 2.00 bits per heavy atom. The summed E-state index contributed by atoms with van der Waals surface area (Å²) >= 11 is 5.23. The lowest BCUT2D eigenvalue weighted by Crippen LogP contribution is -2.52. The fraction of sp³-hybridized carbons (Fsp3) is 0.818. The van der Waals surface area contributed by atoms with Crippen molar-refractivity contribution in [3.63, 3.8) is 0 Å². The summed E-state index contributed by atoms with van der Waals surface area (Å²) in [7, 11) is 0. The van der Waals surface area contributed by atoms with E-state index in [1.807, 2.05) is 0 Å². The fourth-order valence-corrected chi connectivity index (χ4v) is 2.58. The number of carbonyl (C=O) groups is 1. The van der Waals surface area contributed by atoms with Crippen LogP contribution in [-0.2, 0) is 4.74 Å². The first-order valence-corrected chi connectivity index (χ1v) is 6.23. The Hall–Kier alpha value is -0.840. The van der Waals surface area contributed by atoms with Crippen LogP contribution < -0.4 is 5.32 Å². The molecule has 1 amide bonds. The number of likely N-dealkylation sites (tertiary alicyclic amines) is 1. The van der Waals surface area contributed by atoms with Crippen molar-refractivity contribution in [2.45, 2.75) is 52.1 Å². The van der Waals surface area contributed by atoms with Crippen LogP contribution in [0.1, 0.15) is 40.0 Å². The van der Waals surface area contributed by atoms with Crippen molar-refractivity contribution in [1.82, 2.24) is 10.2 Å². The van der Waals surface area contributed by atoms with Gasteiger partial charge in [-0.25, -0.2) is 4.79 Å². The molecule has 1 saturated heterocycles. The summed E-state index contributed by atoms with van der Waals surface area (Å²) in [5.41, 5.74) is 0. The fourth-order valence-electron chi connectivity index (χ4n) is 2.14. The minimum atomic E-state index is -0.461. The monoisotopic (exact) mass is 244 g/mol. The molecule has 0 unspecified atom stereocenters. The highest BCUT2D eigenvalue weighted by atomic mass is 32.1. The maximum Gasteiger partial charge on any atom is 0.413 e. The molecule has 0 saturated carbocycles. The molecule has 0 aromatic carbocycles. The number of thiocarbonyl (C=S) groups is 1. The number of alkyl carbamates (subject to hydrolysis) is 1. The van der Waals surface area contributed by atoms with E-state index in [9.17, 15) is 4.79 Å². The first-order valence-electron chi connectivity index (χ1n) is 5.82. The molecule has 0 radical (unpaired) electrons. The molecule has 16 heavy (non-hydrogen) atoms. The second kappa shape index (κ2) is 6.03. The lowest BCUT2D eigenvalue weighted by molar-refractivity contribution is 0.151. The van der Waals surface area contributed by atoms with Gasteiger partial charge in [-0.1, -0.05) is 0 Å². The van der Waals surface area contributed by atoms with Crippen molar-refractivity contribution < 1.29 is 9.53 Å². The Bertz CT molecular complexity index is 261. The molecule has 1 rings (SSSR count). The van der Waals surface area contributed by atoms with E-state index in [4.69, 9.17) is 17.0 Å². The maximum atomic E-state index is 11.3. The predicted molar refractivity (Wildman–Crippen MR) is 67.4 cm³/mol. The number of ether oxygens (including phenoxy) is 1. The van der Waals surface area contributed by atoms with Crippen LogP contribution in [0.4, 0.5) is 4.79 Å². The second-order valence-electron chi connectivity index (χ2n) is 4.19. The minimum Gasteiger partial charge on any atom is -0.450 e. The van der Waals surface area contributed by atoms with Gasteiger partial charge in [0.05, 0.1) is 6.61 Å². The van der Waals surface area contributed by atoms with Gasteiger partial charge < -0.3 is 9.64 Å². The first-order chi connectivity index (χ1) is 7.56. The second-order valence-corrected chi connectivity index (χ2v) is 4.57. The van der Waals surface area contributed by atoms with Gasteiger partial charge in [-0.05, 0) is 52.3 Å². The van der Waals surface area contributed by atoms with Gasteiger partial charge >= 0.3 is 6.09 Å². The van der Waals surface area contributed by atoms with Crippen molar-refractivity contribution in [3.8, 4) is 0 Å². The number of rotatable bonds is 1. The molecule has 0 aliphatic carbocycles. The van der Waals surface area contributed by atoms with E-state index in [1.54, 1.807) is 6.92 Å². The lowest BCUT2D eigenvalue weighted by atomic mass is 9.98. The number of nitrogens with zero attached hydrogens (tertiary/aromatic N) is 1. The van der Waals surface area contributed by atoms with E-state index >= 15 is 0 Å². The molecule has 0 spiro atoms. The average molecular weight is 244 g/mol. The summed E-state index contributed by atoms with van der Waals surface area (Å²) in [6.45, 7) is 6.40. The summed E-state index contributed by atoms with van der Waals surface area (Å²) < 4.78 is 4.81. The Labute approximate surface area is 102 Å². The molecule has 1 aliphatic rings. The highest BCUT2D eigenvalue weighted by molar-refractivity contribution is 7.80. The number of piperidine rings is 1. The van der Waals surface area contributed by atoms with Crippen molar-refractivity contribution in [1.29, 1.82) is 0 Å². The standard InChI is InChI=1S/C11H20N2O2S/c1-4-15-11(14)12-10(16)13-8(2)6-5-7-9(13)3/h8-9H,4-7H2,1-3H3,(H,12,14,16)/t8-,9-/m1/s1. The van der Waals surface area contributed by atoms with Gasteiger partial charge in [0, 0.05) is 12.1 Å². The molecule has 0 aromatic rings. The molecule has 0 bridgehead atoms. The predicted octanol–water partition coefficient (Wildman–Crippen LogP) is 2.28. The van der Waals surface area contributed by atoms with Crippen LogP contribution in [0.25, 0.3) is 0 Å². The largest absolute Gasteiger partial charge is 0.450 e. The highest BCUT2D eigenvalue weighted by Crippen LogP contribution is 2.22. The molecule has 0 aromatic heterocycles. The van der Waals surface area contributed by atoms with Crippen LogP contribution in [0.3, 0.4) is 0 Å². The van der Waals surface area contributed by atoms with Gasteiger partial charge in [-0.2, -0.15) is 0 Å². The smallest absolute Gasteiger partial charge is 0.413 e. The summed E-state index contributed by atoms with van der Waals surface area (Å²) in [5.74, 6) is 0. The average Bonchev–Trinajstić information content (AvgIpc) is 2.17. The molecule has 5 heteroatoms. The maximum absolute atomic E-state index is 11.3. The third-order valence-electron chi connectivity index (χ3n) is 2.91. The molecule has 2 atom stereocenters. The SMILES string of the molecule is CCOC(=O)NC(=S)N1[C@H](C)CCC[C@H]1C. The normalized spacial score (nSPS) is 25.1. The Balaban J connectivity index is 2.54. The van der Waals surface area contributed by atoms with Crippen LogP contribution in [0, 0.1) is 0 Å². The molecule has 1 aliphatic heterocycles.